The smallest absolute Gasteiger partial charge is 0.0689 e. The summed E-state index contributed by atoms with van der Waals surface area (Å²) in [5.74, 6) is 0. The summed E-state index contributed by atoms with van der Waals surface area (Å²) >= 11 is 6.11. The molecule has 1 aromatic heterocycles. The molecular weight excluding hydrogens is 234 g/mol. The first-order chi connectivity index (χ1) is 8.13. The van der Waals surface area contributed by atoms with E-state index in [9.17, 15) is 0 Å². The summed E-state index contributed by atoms with van der Waals surface area (Å²) in [6, 6.07) is 5.84. The van der Waals surface area contributed by atoms with E-state index in [1.54, 1.807) is 0 Å². The number of aromatic nitrogens is 2. The first-order valence-electron chi connectivity index (χ1n) is 5.64. The maximum Gasteiger partial charge on any atom is 0.0689 e. The van der Waals surface area contributed by atoms with E-state index in [0.717, 1.165) is 28.4 Å². The lowest BCUT2D eigenvalue weighted by Crippen LogP contribution is -2.02. The molecule has 0 unspecified atom stereocenters. The van der Waals surface area contributed by atoms with E-state index in [0.29, 0.717) is 6.54 Å². The third kappa shape index (κ3) is 2.35. The van der Waals surface area contributed by atoms with Crippen molar-refractivity contribution in [3.05, 3.63) is 46.2 Å². The fraction of sp³-hybridized carbons (Fsp3) is 0.308. The second-order valence-corrected chi connectivity index (χ2v) is 4.51. The van der Waals surface area contributed by atoms with Crippen molar-refractivity contribution >= 4 is 11.6 Å². The Morgan fingerprint density at radius 1 is 1.35 bits per heavy atom. The molecule has 3 nitrogen and oxygen atoms in total. The van der Waals surface area contributed by atoms with Gasteiger partial charge in [0.15, 0.2) is 0 Å². The molecule has 0 fully saturated rings. The van der Waals surface area contributed by atoms with E-state index in [4.69, 9.17) is 17.3 Å². The van der Waals surface area contributed by atoms with Gasteiger partial charge in [-0.2, -0.15) is 5.10 Å². The van der Waals surface area contributed by atoms with Crippen molar-refractivity contribution in [2.45, 2.75) is 20.3 Å². The highest BCUT2D eigenvalue weighted by atomic mass is 35.5. The second-order valence-electron chi connectivity index (χ2n) is 4.11. The molecule has 0 spiro atoms. The summed E-state index contributed by atoms with van der Waals surface area (Å²) in [5.41, 5.74) is 9.84. The van der Waals surface area contributed by atoms with Crippen LogP contribution >= 0.6 is 11.6 Å². The van der Waals surface area contributed by atoms with Crippen molar-refractivity contribution in [1.82, 2.24) is 9.78 Å². The fourth-order valence-electron chi connectivity index (χ4n) is 1.86. The van der Waals surface area contributed by atoms with Gasteiger partial charge in [-0.3, -0.25) is 0 Å². The Hall–Kier alpha value is -1.32. The predicted octanol–water partition coefficient (Wildman–Crippen LogP) is 2.64. The number of aryl methyl sites for hydroxylation is 1. The summed E-state index contributed by atoms with van der Waals surface area (Å²) in [4.78, 5) is 0. The van der Waals surface area contributed by atoms with Gasteiger partial charge in [0.1, 0.15) is 0 Å². The average molecular weight is 250 g/mol. The fourth-order valence-corrected chi connectivity index (χ4v) is 2.03. The van der Waals surface area contributed by atoms with E-state index >= 15 is 0 Å². The number of hydrogen-bond acceptors (Lipinski definition) is 2. The largest absolute Gasteiger partial charge is 0.330 e. The zero-order chi connectivity index (χ0) is 12.4. The Morgan fingerprint density at radius 3 is 2.82 bits per heavy atom. The van der Waals surface area contributed by atoms with Crippen LogP contribution in [0.2, 0.25) is 5.02 Å². The molecule has 17 heavy (non-hydrogen) atoms. The highest BCUT2D eigenvalue weighted by Crippen LogP contribution is 2.22. The molecule has 90 valence electrons. The van der Waals surface area contributed by atoms with Gasteiger partial charge in [-0.05, 0) is 50.1 Å². The number of hydrogen-bond donors (Lipinski definition) is 1. The van der Waals surface area contributed by atoms with Crippen LogP contribution in [0, 0.1) is 13.8 Å². The molecule has 2 aromatic rings. The highest BCUT2D eigenvalue weighted by molar-refractivity contribution is 6.31. The van der Waals surface area contributed by atoms with Gasteiger partial charge in [-0.1, -0.05) is 17.7 Å². The lowest BCUT2D eigenvalue weighted by atomic mass is 10.2. The number of rotatable bonds is 3. The molecule has 0 atom stereocenters. The maximum atomic E-state index is 6.11. The highest BCUT2D eigenvalue weighted by Gasteiger charge is 2.08. The molecule has 0 aliphatic carbocycles. The van der Waals surface area contributed by atoms with Crippen LogP contribution in [0.4, 0.5) is 0 Å². The molecule has 1 aromatic carbocycles. The molecule has 2 rings (SSSR count). The first kappa shape index (κ1) is 12.1. The van der Waals surface area contributed by atoms with Gasteiger partial charge in [0.25, 0.3) is 0 Å². The van der Waals surface area contributed by atoms with Crippen LogP contribution in [0.3, 0.4) is 0 Å². The molecular formula is C13H16ClN3. The third-order valence-corrected chi connectivity index (χ3v) is 3.31. The Balaban J connectivity index is 2.46. The Morgan fingerprint density at radius 2 is 2.12 bits per heavy atom. The van der Waals surface area contributed by atoms with Gasteiger partial charge in [-0.25, -0.2) is 4.68 Å². The van der Waals surface area contributed by atoms with Crippen LogP contribution in [-0.4, -0.2) is 16.3 Å². The summed E-state index contributed by atoms with van der Waals surface area (Å²) in [7, 11) is 0. The zero-order valence-electron chi connectivity index (χ0n) is 10.1. The zero-order valence-corrected chi connectivity index (χ0v) is 10.8. The number of halogens is 1. The van der Waals surface area contributed by atoms with E-state index in [2.05, 4.69) is 5.10 Å². The SMILES string of the molecule is Cc1nn(-c2cccc(Cl)c2C)cc1CCN. The van der Waals surface area contributed by atoms with Gasteiger partial charge < -0.3 is 5.73 Å². The predicted molar refractivity (Wildman–Crippen MR) is 70.8 cm³/mol. The molecule has 0 radical (unpaired) electrons. The van der Waals surface area contributed by atoms with E-state index in [1.807, 2.05) is 42.9 Å². The van der Waals surface area contributed by atoms with Crippen molar-refractivity contribution < 1.29 is 0 Å². The summed E-state index contributed by atoms with van der Waals surface area (Å²) in [6.45, 7) is 4.64. The normalized spacial score (nSPS) is 10.8. The molecule has 0 saturated heterocycles. The minimum atomic E-state index is 0.640. The van der Waals surface area contributed by atoms with Crippen molar-refractivity contribution in [2.75, 3.05) is 6.54 Å². The van der Waals surface area contributed by atoms with Crippen LogP contribution in [0.15, 0.2) is 24.4 Å². The topological polar surface area (TPSA) is 43.8 Å². The van der Waals surface area contributed by atoms with Crippen LogP contribution in [0.5, 0.6) is 0 Å². The standard InChI is InChI=1S/C13H16ClN3/c1-9-12(14)4-3-5-13(9)17-8-11(6-7-15)10(2)16-17/h3-5,8H,6-7,15H2,1-2H3. The number of nitrogens with zero attached hydrogens (tertiary/aromatic N) is 2. The summed E-state index contributed by atoms with van der Waals surface area (Å²) < 4.78 is 1.88. The first-order valence-corrected chi connectivity index (χ1v) is 6.02. The molecule has 0 amide bonds. The van der Waals surface area contributed by atoms with Gasteiger partial charge in [0.2, 0.25) is 0 Å². The van der Waals surface area contributed by atoms with E-state index in [1.165, 1.54) is 5.56 Å². The van der Waals surface area contributed by atoms with E-state index < -0.39 is 0 Å². The average Bonchev–Trinajstić information content (AvgIpc) is 2.65. The minimum Gasteiger partial charge on any atom is -0.330 e. The van der Waals surface area contributed by atoms with E-state index in [-0.39, 0.29) is 0 Å². The molecule has 0 aliphatic rings. The summed E-state index contributed by atoms with van der Waals surface area (Å²) in [6.07, 6.45) is 2.88. The molecule has 0 saturated carbocycles. The van der Waals surface area contributed by atoms with Gasteiger partial charge in [-0.15, -0.1) is 0 Å². The van der Waals surface area contributed by atoms with Crippen LogP contribution < -0.4 is 5.73 Å². The summed E-state index contributed by atoms with van der Waals surface area (Å²) in [5, 5.41) is 5.26. The van der Waals surface area contributed by atoms with Crippen LogP contribution in [0.1, 0.15) is 16.8 Å². The third-order valence-electron chi connectivity index (χ3n) is 2.90. The lowest BCUT2D eigenvalue weighted by molar-refractivity contribution is 0.856. The number of benzene rings is 1. The molecule has 2 N–H and O–H groups in total. The van der Waals surface area contributed by atoms with Crippen LogP contribution in [0.25, 0.3) is 5.69 Å². The van der Waals surface area contributed by atoms with Crippen LogP contribution in [-0.2, 0) is 6.42 Å². The molecule has 0 bridgehead atoms. The van der Waals surface area contributed by atoms with Crippen molar-refractivity contribution in [1.29, 1.82) is 0 Å². The van der Waals surface area contributed by atoms with Gasteiger partial charge in [0, 0.05) is 11.2 Å². The van der Waals surface area contributed by atoms with Crippen molar-refractivity contribution in [3.63, 3.8) is 0 Å². The Kier molecular flexibility index (Phi) is 3.50. The second kappa shape index (κ2) is 4.90. The minimum absolute atomic E-state index is 0.640. The number of nitrogens with two attached hydrogens (primary N) is 1. The monoisotopic (exact) mass is 249 g/mol. The van der Waals surface area contributed by atoms with Gasteiger partial charge >= 0.3 is 0 Å². The molecule has 4 heteroatoms. The quantitative estimate of drug-likeness (QED) is 0.909. The molecule has 0 aliphatic heterocycles. The van der Waals surface area contributed by atoms with Gasteiger partial charge in [0.05, 0.1) is 11.4 Å². The maximum absolute atomic E-state index is 6.11. The van der Waals surface area contributed by atoms with Crippen molar-refractivity contribution in [2.24, 2.45) is 5.73 Å². The molecule has 1 heterocycles. The Bertz CT molecular complexity index is 531. The van der Waals surface area contributed by atoms with Crippen molar-refractivity contribution in [3.8, 4) is 5.69 Å². The Labute approximate surface area is 106 Å². The lowest BCUT2D eigenvalue weighted by Gasteiger charge is -2.06.